The molecule has 0 N–H and O–H groups in total. The van der Waals surface area contributed by atoms with Gasteiger partial charge in [-0.2, -0.15) is 0 Å². The Hall–Kier alpha value is -0.900. The largest absolute Gasteiger partial charge is 0.466 e. The number of thiazole rings is 1. The van der Waals surface area contributed by atoms with Crippen LogP contribution in [0.4, 0.5) is 0 Å². The van der Waals surface area contributed by atoms with Gasteiger partial charge in [-0.1, -0.05) is 6.92 Å². The first-order chi connectivity index (χ1) is 7.58. The summed E-state index contributed by atoms with van der Waals surface area (Å²) in [6.07, 6.45) is 1.57. The minimum atomic E-state index is -0.0875. The Morgan fingerprint density at radius 2 is 2.12 bits per heavy atom. The van der Waals surface area contributed by atoms with Gasteiger partial charge in [0.05, 0.1) is 23.2 Å². The molecular formula is C12H19NO2S. The number of carbonyl (C=O) groups excluding carboxylic acids is 1. The van der Waals surface area contributed by atoms with Crippen LogP contribution in [0.15, 0.2) is 0 Å². The topological polar surface area (TPSA) is 39.2 Å². The zero-order chi connectivity index (χ0) is 12.1. The lowest BCUT2D eigenvalue weighted by atomic mass is 10.0. The summed E-state index contributed by atoms with van der Waals surface area (Å²) < 4.78 is 5.06. The molecule has 90 valence electrons. The molecule has 0 saturated carbocycles. The van der Waals surface area contributed by atoms with Gasteiger partial charge in [0.1, 0.15) is 0 Å². The summed E-state index contributed by atoms with van der Waals surface area (Å²) in [4.78, 5) is 17.2. The highest BCUT2D eigenvalue weighted by Gasteiger charge is 2.20. The molecule has 0 aromatic carbocycles. The van der Waals surface area contributed by atoms with Crippen LogP contribution in [-0.2, 0) is 16.0 Å². The second-order valence-electron chi connectivity index (χ2n) is 3.80. The van der Waals surface area contributed by atoms with E-state index in [9.17, 15) is 4.79 Å². The Kier molecular flexibility index (Phi) is 4.93. The number of hydrogen-bond acceptors (Lipinski definition) is 4. The van der Waals surface area contributed by atoms with Crippen molar-refractivity contribution in [3.8, 4) is 0 Å². The molecule has 1 rings (SSSR count). The quantitative estimate of drug-likeness (QED) is 0.744. The zero-order valence-electron chi connectivity index (χ0n) is 10.4. The van der Waals surface area contributed by atoms with Gasteiger partial charge in [0.15, 0.2) is 0 Å². The molecule has 1 aromatic rings. The molecule has 1 unspecified atom stereocenters. The molecule has 0 aliphatic heterocycles. The highest BCUT2D eigenvalue weighted by Crippen LogP contribution is 2.22. The summed E-state index contributed by atoms with van der Waals surface area (Å²) in [6, 6.07) is 0. The van der Waals surface area contributed by atoms with E-state index >= 15 is 0 Å². The third kappa shape index (κ3) is 3.30. The Labute approximate surface area is 101 Å². The SMILES string of the molecule is CCOC(=O)C(CC)Cc1sc(C)nc1C. The first-order valence-corrected chi connectivity index (χ1v) is 6.49. The molecule has 0 aliphatic carbocycles. The van der Waals surface area contributed by atoms with Crippen molar-refractivity contribution < 1.29 is 9.53 Å². The fourth-order valence-electron chi connectivity index (χ4n) is 1.64. The number of aromatic nitrogens is 1. The second-order valence-corrected chi connectivity index (χ2v) is 5.09. The molecule has 0 spiro atoms. The van der Waals surface area contributed by atoms with Crippen molar-refractivity contribution in [2.75, 3.05) is 6.61 Å². The van der Waals surface area contributed by atoms with E-state index in [1.54, 1.807) is 11.3 Å². The van der Waals surface area contributed by atoms with Gasteiger partial charge >= 0.3 is 5.97 Å². The van der Waals surface area contributed by atoms with Gasteiger partial charge in [0, 0.05) is 4.88 Å². The van der Waals surface area contributed by atoms with E-state index < -0.39 is 0 Å². The fraction of sp³-hybridized carbons (Fsp3) is 0.667. The van der Waals surface area contributed by atoms with E-state index in [1.807, 2.05) is 27.7 Å². The van der Waals surface area contributed by atoms with E-state index in [0.717, 1.165) is 23.5 Å². The van der Waals surface area contributed by atoms with Crippen molar-refractivity contribution in [3.63, 3.8) is 0 Å². The van der Waals surface area contributed by atoms with Gasteiger partial charge in [-0.3, -0.25) is 4.79 Å². The number of ether oxygens (including phenoxy) is 1. The van der Waals surface area contributed by atoms with Gasteiger partial charge in [0.2, 0.25) is 0 Å². The van der Waals surface area contributed by atoms with Crippen molar-refractivity contribution in [3.05, 3.63) is 15.6 Å². The fourth-order valence-corrected chi connectivity index (χ4v) is 2.66. The normalized spacial score (nSPS) is 12.5. The maximum absolute atomic E-state index is 11.7. The molecule has 3 nitrogen and oxygen atoms in total. The highest BCUT2D eigenvalue weighted by atomic mass is 32.1. The van der Waals surface area contributed by atoms with Crippen LogP contribution >= 0.6 is 11.3 Å². The van der Waals surface area contributed by atoms with Crippen LogP contribution in [0.2, 0.25) is 0 Å². The Morgan fingerprint density at radius 3 is 2.56 bits per heavy atom. The maximum atomic E-state index is 11.7. The van der Waals surface area contributed by atoms with Gasteiger partial charge in [0.25, 0.3) is 0 Å². The van der Waals surface area contributed by atoms with Crippen LogP contribution in [0.5, 0.6) is 0 Å². The van der Waals surface area contributed by atoms with Crippen LogP contribution in [-0.4, -0.2) is 17.6 Å². The van der Waals surface area contributed by atoms with E-state index in [2.05, 4.69) is 4.98 Å². The number of aryl methyl sites for hydroxylation is 2. The molecule has 0 bridgehead atoms. The minimum absolute atomic E-state index is 0.0292. The van der Waals surface area contributed by atoms with Gasteiger partial charge in [-0.05, 0) is 33.6 Å². The van der Waals surface area contributed by atoms with Gasteiger partial charge < -0.3 is 4.74 Å². The molecule has 4 heteroatoms. The standard InChI is InChI=1S/C12H19NO2S/c1-5-10(12(14)15-6-2)7-11-8(3)13-9(4)16-11/h10H,5-7H2,1-4H3. The molecule has 16 heavy (non-hydrogen) atoms. The van der Waals surface area contributed by atoms with Crippen molar-refractivity contribution in [1.29, 1.82) is 0 Å². The van der Waals surface area contributed by atoms with E-state index in [0.29, 0.717) is 6.61 Å². The summed E-state index contributed by atoms with van der Waals surface area (Å²) in [5.41, 5.74) is 1.05. The molecule has 0 fully saturated rings. The molecule has 0 radical (unpaired) electrons. The van der Waals surface area contributed by atoms with Gasteiger partial charge in [-0.15, -0.1) is 11.3 Å². The highest BCUT2D eigenvalue weighted by molar-refractivity contribution is 7.11. The Morgan fingerprint density at radius 1 is 1.44 bits per heavy atom. The average molecular weight is 241 g/mol. The monoisotopic (exact) mass is 241 g/mol. The lowest BCUT2D eigenvalue weighted by Gasteiger charge is -2.12. The van der Waals surface area contributed by atoms with E-state index in [1.165, 1.54) is 4.88 Å². The number of rotatable bonds is 5. The van der Waals surface area contributed by atoms with E-state index in [4.69, 9.17) is 4.74 Å². The Bertz CT molecular complexity index is 360. The lowest BCUT2D eigenvalue weighted by Crippen LogP contribution is -2.19. The van der Waals surface area contributed by atoms with Crippen LogP contribution in [0.25, 0.3) is 0 Å². The number of nitrogens with zero attached hydrogens (tertiary/aromatic N) is 1. The summed E-state index contributed by atoms with van der Waals surface area (Å²) in [6.45, 7) is 8.30. The summed E-state index contributed by atoms with van der Waals surface area (Å²) in [7, 11) is 0. The average Bonchev–Trinajstić information content (AvgIpc) is 2.54. The summed E-state index contributed by atoms with van der Waals surface area (Å²) in [5.74, 6) is -0.117. The maximum Gasteiger partial charge on any atom is 0.309 e. The molecule has 1 heterocycles. The third-order valence-corrected chi connectivity index (χ3v) is 3.64. The number of carbonyl (C=O) groups is 1. The number of esters is 1. The molecule has 1 atom stereocenters. The molecule has 0 saturated heterocycles. The predicted octanol–water partition coefficient (Wildman–Crippen LogP) is 2.89. The summed E-state index contributed by atoms with van der Waals surface area (Å²) in [5, 5.41) is 1.06. The first kappa shape index (κ1) is 13.2. The first-order valence-electron chi connectivity index (χ1n) is 5.68. The van der Waals surface area contributed by atoms with E-state index in [-0.39, 0.29) is 11.9 Å². The zero-order valence-corrected chi connectivity index (χ0v) is 11.2. The molecular weight excluding hydrogens is 222 g/mol. The van der Waals surface area contributed by atoms with Crippen molar-refractivity contribution in [2.24, 2.45) is 5.92 Å². The third-order valence-electron chi connectivity index (χ3n) is 2.54. The van der Waals surface area contributed by atoms with Crippen LogP contribution in [0.1, 0.15) is 35.8 Å². The van der Waals surface area contributed by atoms with Crippen LogP contribution in [0, 0.1) is 19.8 Å². The van der Waals surface area contributed by atoms with Crippen molar-refractivity contribution in [2.45, 2.75) is 40.5 Å². The Balaban J connectivity index is 2.70. The van der Waals surface area contributed by atoms with Crippen molar-refractivity contribution >= 4 is 17.3 Å². The smallest absolute Gasteiger partial charge is 0.309 e. The van der Waals surface area contributed by atoms with Crippen LogP contribution in [0.3, 0.4) is 0 Å². The van der Waals surface area contributed by atoms with Crippen LogP contribution < -0.4 is 0 Å². The molecule has 0 amide bonds. The second kappa shape index (κ2) is 5.99. The van der Waals surface area contributed by atoms with Crippen molar-refractivity contribution in [1.82, 2.24) is 4.98 Å². The minimum Gasteiger partial charge on any atom is -0.466 e. The number of hydrogen-bond donors (Lipinski definition) is 0. The summed E-state index contributed by atoms with van der Waals surface area (Å²) >= 11 is 1.67. The lowest BCUT2D eigenvalue weighted by molar-refractivity contribution is -0.148. The predicted molar refractivity (Wildman–Crippen MR) is 65.7 cm³/mol. The molecule has 0 aliphatic rings. The van der Waals surface area contributed by atoms with Gasteiger partial charge in [-0.25, -0.2) is 4.98 Å². The molecule has 1 aromatic heterocycles.